The number of aryl methyl sites for hydroxylation is 1. The number of aliphatic hydroxyl groups is 1. The van der Waals surface area contributed by atoms with Crippen molar-refractivity contribution in [3.05, 3.63) is 11.9 Å². The van der Waals surface area contributed by atoms with Crippen molar-refractivity contribution < 1.29 is 5.11 Å². The first-order chi connectivity index (χ1) is 9.21. The fourth-order valence-electron chi connectivity index (χ4n) is 2.04. The van der Waals surface area contributed by atoms with Gasteiger partial charge in [-0.1, -0.05) is 6.92 Å². The zero-order valence-corrected chi connectivity index (χ0v) is 11.9. The molecule has 106 valence electrons. The standard InChI is InChI=1S/C14H24N4O/c1-3-5-11-17-12(15-4-2)8-13(18-11)16-9-14(10-19)6-7-14/h8,19H,3-7,9-10H2,1-2H3,(H2,15,16,17,18). The Balaban J connectivity index is 2.04. The van der Waals surface area contributed by atoms with Crippen LogP contribution in [0.25, 0.3) is 0 Å². The second kappa shape index (κ2) is 6.19. The lowest BCUT2D eigenvalue weighted by Crippen LogP contribution is -2.20. The number of rotatable bonds is 8. The summed E-state index contributed by atoms with van der Waals surface area (Å²) in [4.78, 5) is 9.01. The van der Waals surface area contributed by atoms with Crippen molar-refractivity contribution in [1.29, 1.82) is 0 Å². The van der Waals surface area contributed by atoms with Crippen molar-refractivity contribution in [2.45, 2.75) is 39.5 Å². The van der Waals surface area contributed by atoms with Gasteiger partial charge >= 0.3 is 0 Å². The van der Waals surface area contributed by atoms with E-state index < -0.39 is 0 Å². The normalized spacial score (nSPS) is 16.2. The van der Waals surface area contributed by atoms with Crippen molar-refractivity contribution in [2.24, 2.45) is 5.41 Å². The maximum absolute atomic E-state index is 9.33. The van der Waals surface area contributed by atoms with Crippen molar-refractivity contribution in [3.8, 4) is 0 Å². The molecule has 1 aliphatic carbocycles. The Labute approximate surface area is 114 Å². The van der Waals surface area contributed by atoms with Gasteiger partial charge in [-0.2, -0.15) is 0 Å². The zero-order valence-electron chi connectivity index (χ0n) is 11.9. The Kier molecular flexibility index (Phi) is 4.58. The molecule has 0 aromatic carbocycles. The van der Waals surface area contributed by atoms with E-state index in [4.69, 9.17) is 0 Å². The van der Waals surface area contributed by atoms with E-state index in [0.717, 1.165) is 56.2 Å². The van der Waals surface area contributed by atoms with Gasteiger partial charge in [0.2, 0.25) is 0 Å². The lowest BCUT2D eigenvalue weighted by atomic mass is 10.1. The second-order valence-corrected chi connectivity index (χ2v) is 5.35. The number of anilines is 2. The number of hydrogen-bond donors (Lipinski definition) is 3. The Morgan fingerprint density at radius 3 is 2.42 bits per heavy atom. The minimum absolute atomic E-state index is 0.0915. The molecule has 3 N–H and O–H groups in total. The molecule has 5 heteroatoms. The predicted molar refractivity (Wildman–Crippen MR) is 77.4 cm³/mol. The summed E-state index contributed by atoms with van der Waals surface area (Å²) in [5.74, 6) is 2.60. The third-order valence-corrected chi connectivity index (χ3v) is 3.54. The number of nitrogens with one attached hydrogen (secondary N) is 2. The van der Waals surface area contributed by atoms with Crippen LogP contribution in [0.3, 0.4) is 0 Å². The van der Waals surface area contributed by atoms with Gasteiger partial charge in [-0.3, -0.25) is 0 Å². The molecule has 1 heterocycles. The fourth-order valence-corrected chi connectivity index (χ4v) is 2.04. The highest BCUT2D eigenvalue weighted by atomic mass is 16.3. The predicted octanol–water partition coefficient (Wildman–Crippen LogP) is 2.05. The Morgan fingerprint density at radius 1 is 1.21 bits per heavy atom. The van der Waals surface area contributed by atoms with Gasteiger partial charge in [-0.15, -0.1) is 0 Å². The summed E-state index contributed by atoms with van der Waals surface area (Å²) in [6.07, 6.45) is 4.13. The fraction of sp³-hybridized carbons (Fsp3) is 0.714. The molecule has 0 atom stereocenters. The largest absolute Gasteiger partial charge is 0.396 e. The van der Waals surface area contributed by atoms with Gasteiger partial charge in [0.05, 0.1) is 6.61 Å². The molecule has 1 aromatic rings. The molecule has 0 amide bonds. The molecule has 0 spiro atoms. The molecule has 19 heavy (non-hydrogen) atoms. The van der Waals surface area contributed by atoms with Crippen LogP contribution < -0.4 is 10.6 Å². The minimum atomic E-state index is 0.0915. The van der Waals surface area contributed by atoms with Crippen LogP contribution in [-0.2, 0) is 6.42 Å². The summed E-state index contributed by atoms with van der Waals surface area (Å²) >= 11 is 0. The number of nitrogens with zero attached hydrogens (tertiary/aromatic N) is 2. The average Bonchev–Trinajstić information content (AvgIpc) is 3.18. The van der Waals surface area contributed by atoms with E-state index in [0.29, 0.717) is 0 Å². The summed E-state index contributed by atoms with van der Waals surface area (Å²) in [7, 11) is 0. The summed E-state index contributed by atoms with van der Waals surface area (Å²) in [5.41, 5.74) is 0.0915. The molecule has 0 saturated heterocycles. The molecular weight excluding hydrogens is 240 g/mol. The van der Waals surface area contributed by atoms with E-state index >= 15 is 0 Å². The van der Waals surface area contributed by atoms with Gasteiger partial charge in [0.25, 0.3) is 0 Å². The van der Waals surface area contributed by atoms with Crippen LogP contribution in [0.1, 0.15) is 38.9 Å². The van der Waals surface area contributed by atoms with Crippen LogP contribution in [0.5, 0.6) is 0 Å². The molecule has 0 radical (unpaired) electrons. The van der Waals surface area contributed by atoms with Crippen LogP contribution >= 0.6 is 0 Å². The monoisotopic (exact) mass is 264 g/mol. The molecule has 1 aliphatic rings. The van der Waals surface area contributed by atoms with Crippen LogP contribution in [0.4, 0.5) is 11.6 Å². The zero-order chi connectivity index (χ0) is 13.7. The third kappa shape index (κ3) is 3.80. The molecular formula is C14H24N4O. The first-order valence-corrected chi connectivity index (χ1v) is 7.18. The van der Waals surface area contributed by atoms with Gasteiger partial charge in [0, 0.05) is 31.0 Å². The lowest BCUT2D eigenvalue weighted by Gasteiger charge is -2.14. The third-order valence-electron chi connectivity index (χ3n) is 3.54. The SMILES string of the molecule is CCCc1nc(NCC)cc(NCC2(CO)CC2)n1. The van der Waals surface area contributed by atoms with E-state index in [-0.39, 0.29) is 12.0 Å². The molecule has 0 aliphatic heterocycles. The van der Waals surface area contributed by atoms with Crippen molar-refractivity contribution in [2.75, 3.05) is 30.3 Å². The minimum Gasteiger partial charge on any atom is -0.396 e. The first-order valence-electron chi connectivity index (χ1n) is 7.18. The lowest BCUT2D eigenvalue weighted by molar-refractivity contribution is 0.219. The highest BCUT2D eigenvalue weighted by Crippen LogP contribution is 2.44. The average molecular weight is 264 g/mol. The quantitative estimate of drug-likeness (QED) is 0.670. The van der Waals surface area contributed by atoms with Gasteiger partial charge in [-0.25, -0.2) is 9.97 Å². The van der Waals surface area contributed by atoms with Gasteiger partial charge in [0.1, 0.15) is 17.5 Å². The maximum Gasteiger partial charge on any atom is 0.133 e. The molecule has 5 nitrogen and oxygen atoms in total. The Bertz CT molecular complexity index is 394. The van der Waals surface area contributed by atoms with E-state index in [1.807, 2.05) is 6.07 Å². The van der Waals surface area contributed by atoms with Gasteiger partial charge in [-0.05, 0) is 26.2 Å². The van der Waals surface area contributed by atoms with Crippen molar-refractivity contribution in [1.82, 2.24) is 9.97 Å². The summed E-state index contributed by atoms with van der Waals surface area (Å²) in [5, 5.41) is 15.9. The van der Waals surface area contributed by atoms with E-state index in [2.05, 4.69) is 34.4 Å². The molecule has 1 saturated carbocycles. The summed E-state index contributed by atoms with van der Waals surface area (Å²) < 4.78 is 0. The van der Waals surface area contributed by atoms with E-state index in [1.165, 1.54) is 0 Å². The topological polar surface area (TPSA) is 70.1 Å². The maximum atomic E-state index is 9.33. The molecule has 2 rings (SSSR count). The van der Waals surface area contributed by atoms with Crippen molar-refractivity contribution in [3.63, 3.8) is 0 Å². The van der Waals surface area contributed by atoms with Crippen LogP contribution in [0, 0.1) is 5.41 Å². The summed E-state index contributed by atoms with van der Waals surface area (Å²) in [6, 6.07) is 1.94. The first kappa shape index (κ1) is 14.1. The highest BCUT2D eigenvalue weighted by molar-refractivity contribution is 5.47. The number of hydrogen-bond acceptors (Lipinski definition) is 5. The molecule has 0 unspecified atom stereocenters. The van der Waals surface area contributed by atoms with Crippen molar-refractivity contribution >= 4 is 11.6 Å². The molecule has 1 aromatic heterocycles. The molecule has 1 fully saturated rings. The van der Waals surface area contributed by atoms with Gasteiger partial charge < -0.3 is 15.7 Å². The molecule has 0 bridgehead atoms. The van der Waals surface area contributed by atoms with Crippen LogP contribution in [-0.4, -0.2) is 34.8 Å². The number of aliphatic hydroxyl groups excluding tert-OH is 1. The van der Waals surface area contributed by atoms with E-state index in [1.54, 1.807) is 0 Å². The summed E-state index contributed by atoms with van der Waals surface area (Å²) in [6.45, 7) is 6.08. The van der Waals surface area contributed by atoms with Crippen LogP contribution in [0.2, 0.25) is 0 Å². The smallest absolute Gasteiger partial charge is 0.133 e. The second-order valence-electron chi connectivity index (χ2n) is 5.35. The van der Waals surface area contributed by atoms with Crippen LogP contribution in [0.15, 0.2) is 6.07 Å². The highest BCUT2D eigenvalue weighted by Gasteiger charge is 2.41. The van der Waals surface area contributed by atoms with Gasteiger partial charge in [0.15, 0.2) is 0 Å². The number of aromatic nitrogens is 2. The Hall–Kier alpha value is -1.36. The Morgan fingerprint density at radius 2 is 1.89 bits per heavy atom. The van der Waals surface area contributed by atoms with E-state index in [9.17, 15) is 5.11 Å².